The summed E-state index contributed by atoms with van der Waals surface area (Å²) in [5.74, 6) is 0.616. The third kappa shape index (κ3) is 2.26. The number of nitrogens with zero attached hydrogens (tertiary/aromatic N) is 2. The van der Waals surface area contributed by atoms with E-state index in [1.54, 1.807) is 32.5 Å². The minimum absolute atomic E-state index is 0.0854. The Labute approximate surface area is 118 Å². The molecule has 1 aromatic rings. The minimum atomic E-state index is 0.0854. The third-order valence-corrected chi connectivity index (χ3v) is 4.45. The Balaban J connectivity index is 1.77. The van der Waals surface area contributed by atoms with Crippen molar-refractivity contribution in [1.82, 2.24) is 9.88 Å². The smallest absolute Gasteiger partial charge is 0.255 e. The Morgan fingerprint density at radius 3 is 2.45 bits per heavy atom. The van der Waals surface area contributed by atoms with E-state index in [0.717, 1.165) is 25.7 Å². The summed E-state index contributed by atoms with van der Waals surface area (Å²) in [6, 6.07) is 4.15. The van der Waals surface area contributed by atoms with Gasteiger partial charge in [0.25, 0.3) is 5.91 Å². The van der Waals surface area contributed by atoms with Crippen molar-refractivity contribution >= 4 is 5.91 Å². The number of ether oxygens (including phenoxy) is 2. The second-order valence-corrected chi connectivity index (χ2v) is 5.52. The number of methoxy groups -OCH3 is 2. The van der Waals surface area contributed by atoms with Crippen LogP contribution in [0.2, 0.25) is 0 Å². The molecule has 2 atom stereocenters. The first-order valence-electron chi connectivity index (χ1n) is 7.08. The lowest BCUT2D eigenvalue weighted by Gasteiger charge is -2.38. The number of carbonyl (C=O) groups excluding carboxylic acids is 1. The number of carbonyl (C=O) groups is 1. The van der Waals surface area contributed by atoms with Gasteiger partial charge in [-0.3, -0.25) is 4.79 Å². The Morgan fingerprint density at radius 2 is 1.95 bits per heavy atom. The molecule has 0 N–H and O–H groups in total. The zero-order chi connectivity index (χ0) is 14.1. The molecule has 2 unspecified atom stereocenters. The predicted molar refractivity (Wildman–Crippen MR) is 73.8 cm³/mol. The first-order valence-corrected chi connectivity index (χ1v) is 7.08. The van der Waals surface area contributed by atoms with Gasteiger partial charge in [-0.25, -0.2) is 4.98 Å². The van der Waals surface area contributed by atoms with E-state index in [9.17, 15) is 4.79 Å². The Bertz CT molecular complexity index is 474. The van der Waals surface area contributed by atoms with Crippen LogP contribution in [-0.2, 0) is 4.74 Å². The van der Waals surface area contributed by atoms with Gasteiger partial charge in [-0.15, -0.1) is 0 Å². The van der Waals surface area contributed by atoms with E-state index in [-0.39, 0.29) is 5.91 Å². The van der Waals surface area contributed by atoms with E-state index in [2.05, 4.69) is 4.98 Å². The van der Waals surface area contributed by atoms with Crippen molar-refractivity contribution in [2.45, 2.75) is 43.9 Å². The van der Waals surface area contributed by atoms with E-state index in [1.165, 1.54) is 0 Å². The molecule has 108 valence electrons. The van der Waals surface area contributed by atoms with Crippen LogP contribution in [0.1, 0.15) is 36.0 Å². The fourth-order valence-corrected chi connectivity index (χ4v) is 3.43. The average Bonchev–Trinajstić information content (AvgIpc) is 2.76. The molecule has 20 heavy (non-hydrogen) atoms. The topological polar surface area (TPSA) is 51.7 Å². The summed E-state index contributed by atoms with van der Waals surface area (Å²) < 4.78 is 10.5. The molecule has 3 heterocycles. The summed E-state index contributed by atoms with van der Waals surface area (Å²) in [5.41, 5.74) is 0.638. The van der Waals surface area contributed by atoms with Crippen LogP contribution in [0.4, 0.5) is 0 Å². The monoisotopic (exact) mass is 276 g/mol. The molecule has 0 spiro atoms. The second-order valence-electron chi connectivity index (χ2n) is 5.52. The van der Waals surface area contributed by atoms with E-state index in [4.69, 9.17) is 9.47 Å². The molecular weight excluding hydrogens is 256 g/mol. The standard InChI is InChI=1S/C15H20N2O3/c1-19-13-7-11-4-5-12(8-13)17(11)15(18)10-3-6-14(20-2)16-9-10/h3,6,9,11-13H,4-5,7-8H2,1-2H3. The van der Waals surface area contributed by atoms with Gasteiger partial charge in [-0.05, 0) is 31.7 Å². The molecule has 2 fully saturated rings. The molecule has 5 nitrogen and oxygen atoms in total. The number of pyridine rings is 1. The molecule has 3 rings (SSSR count). The van der Waals surface area contributed by atoms with Crippen molar-refractivity contribution in [3.63, 3.8) is 0 Å². The summed E-state index contributed by atoms with van der Waals surface area (Å²) >= 11 is 0. The molecular formula is C15H20N2O3. The van der Waals surface area contributed by atoms with Crippen molar-refractivity contribution in [2.75, 3.05) is 14.2 Å². The van der Waals surface area contributed by atoms with Crippen molar-refractivity contribution in [3.8, 4) is 5.88 Å². The second kappa shape index (κ2) is 5.40. The van der Waals surface area contributed by atoms with E-state index in [0.29, 0.717) is 29.6 Å². The molecule has 2 saturated heterocycles. The maximum absolute atomic E-state index is 12.7. The first kappa shape index (κ1) is 13.4. The highest BCUT2D eigenvalue weighted by atomic mass is 16.5. The summed E-state index contributed by atoms with van der Waals surface area (Å²) in [4.78, 5) is 18.8. The van der Waals surface area contributed by atoms with Crippen LogP contribution >= 0.6 is 0 Å². The highest BCUT2D eigenvalue weighted by Crippen LogP contribution is 2.37. The molecule has 2 aliphatic heterocycles. The van der Waals surface area contributed by atoms with Crippen LogP contribution in [0.25, 0.3) is 0 Å². The average molecular weight is 276 g/mol. The van der Waals surface area contributed by atoms with Gasteiger partial charge in [0.2, 0.25) is 5.88 Å². The lowest BCUT2D eigenvalue weighted by molar-refractivity contribution is 0.00820. The van der Waals surface area contributed by atoms with Crippen LogP contribution in [0, 0.1) is 0 Å². The molecule has 0 radical (unpaired) electrons. The van der Waals surface area contributed by atoms with Crippen molar-refractivity contribution in [1.29, 1.82) is 0 Å². The lowest BCUT2D eigenvalue weighted by atomic mass is 9.99. The Kier molecular flexibility index (Phi) is 3.61. The summed E-state index contributed by atoms with van der Waals surface area (Å²) in [7, 11) is 3.33. The Hall–Kier alpha value is -1.62. The number of piperidine rings is 1. The van der Waals surface area contributed by atoms with Gasteiger partial charge in [0.15, 0.2) is 0 Å². The van der Waals surface area contributed by atoms with E-state index < -0.39 is 0 Å². The van der Waals surface area contributed by atoms with Crippen LogP contribution in [-0.4, -0.2) is 48.2 Å². The number of hydrogen-bond donors (Lipinski definition) is 0. The zero-order valence-corrected chi connectivity index (χ0v) is 11.9. The van der Waals surface area contributed by atoms with Crippen molar-refractivity contribution in [2.24, 2.45) is 0 Å². The Morgan fingerprint density at radius 1 is 1.25 bits per heavy atom. The number of amides is 1. The van der Waals surface area contributed by atoms with E-state index in [1.807, 2.05) is 4.90 Å². The van der Waals surface area contributed by atoms with Gasteiger partial charge < -0.3 is 14.4 Å². The molecule has 0 saturated carbocycles. The minimum Gasteiger partial charge on any atom is -0.481 e. The molecule has 2 aliphatic rings. The number of aromatic nitrogens is 1. The quantitative estimate of drug-likeness (QED) is 0.845. The normalized spacial score (nSPS) is 28.5. The molecule has 1 aromatic heterocycles. The first-order chi connectivity index (χ1) is 9.72. The van der Waals surface area contributed by atoms with Crippen LogP contribution in [0.3, 0.4) is 0 Å². The predicted octanol–water partition coefficient (Wildman–Crippen LogP) is 1.87. The van der Waals surface area contributed by atoms with Crippen LogP contribution in [0.15, 0.2) is 18.3 Å². The highest BCUT2D eigenvalue weighted by Gasteiger charge is 2.43. The largest absolute Gasteiger partial charge is 0.481 e. The molecule has 0 aliphatic carbocycles. The van der Waals surface area contributed by atoms with E-state index >= 15 is 0 Å². The van der Waals surface area contributed by atoms with Crippen LogP contribution < -0.4 is 4.74 Å². The fraction of sp³-hybridized carbons (Fsp3) is 0.600. The van der Waals surface area contributed by atoms with Crippen molar-refractivity contribution in [3.05, 3.63) is 23.9 Å². The van der Waals surface area contributed by atoms with Crippen molar-refractivity contribution < 1.29 is 14.3 Å². The molecule has 0 aromatic carbocycles. The molecule has 2 bridgehead atoms. The number of hydrogen-bond acceptors (Lipinski definition) is 4. The van der Waals surface area contributed by atoms with Gasteiger partial charge in [-0.2, -0.15) is 0 Å². The molecule has 5 heteroatoms. The third-order valence-electron chi connectivity index (χ3n) is 4.45. The van der Waals surface area contributed by atoms with Gasteiger partial charge >= 0.3 is 0 Å². The SMILES string of the molecule is COc1ccc(C(=O)N2C3CCC2CC(OC)C3)cn1. The maximum Gasteiger partial charge on any atom is 0.255 e. The summed E-state index contributed by atoms with van der Waals surface area (Å²) in [5, 5.41) is 0. The summed E-state index contributed by atoms with van der Waals surface area (Å²) in [6.45, 7) is 0. The van der Waals surface area contributed by atoms with Gasteiger partial charge in [0, 0.05) is 31.5 Å². The van der Waals surface area contributed by atoms with Gasteiger partial charge in [-0.1, -0.05) is 0 Å². The highest BCUT2D eigenvalue weighted by molar-refractivity contribution is 5.94. The number of rotatable bonds is 3. The van der Waals surface area contributed by atoms with Gasteiger partial charge in [0.1, 0.15) is 0 Å². The van der Waals surface area contributed by atoms with Crippen LogP contribution in [0.5, 0.6) is 5.88 Å². The maximum atomic E-state index is 12.7. The fourth-order valence-electron chi connectivity index (χ4n) is 3.43. The molecule has 1 amide bonds. The lowest BCUT2D eigenvalue weighted by Crippen LogP contribution is -2.48. The van der Waals surface area contributed by atoms with Gasteiger partial charge in [0.05, 0.1) is 18.8 Å². The zero-order valence-electron chi connectivity index (χ0n) is 11.9. The summed E-state index contributed by atoms with van der Waals surface area (Å²) in [6.07, 6.45) is 5.96. The number of fused-ring (bicyclic) bond motifs is 2.